The van der Waals surface area contributed by atoms with Crippen molar-refractivity contribution in [2.45, 2.75) is 6.04 Å². The number of carbonyl (C=O) groups is 2. The molecule has 1 aromatic rings. The number of halogens is 2. The summed E-state index contributed by atoms with van der Waals surface area (Å²) in [7, 11) is 0. The smallest absolute Gasteiger partial charge is 0.327 e. The van der Waals surface area contributed by atoms with Gasteiger partial charge in [-0.15, -0.1) is 11.8 Å². The zero-order chi connectivity index (χ0) is 14.0. The highest BCUT2D eigenvalue weighted by molar-refractivity contribution is 7.99. The number of nitrogens with zero attached hydrogens (tertiary/aromatic N) is 1. The van der Waals surface area contributed by atoms with Crippen LogP contribution in [0.1, 0.15) is 0 Å². The fourth-order valence-corrected chi connectivity index (χ4v) is 2.94. The number of aliphatic carboxylic acids is 1. The third kappa shape index (κ3) is 3.10. The molecular formula is C11H10ClFN2O3S. The summed E-state index contributed by atoms with van der Waals surface area (Å²) in [6, 6.07) is 2.09. The highest BCUT2D eigenvalue weighted by atomic mass is 35.5. The van der Waals surface area contributed by atoms with Gasteiger partial charge in [-0.3, -0.25) is 0 Å². The molecule has 1 aliphatic rings. The number of hydrogen-bond donors (Lipinski definition) is 2. The van der Waals surface area contributed by atoms with Crippen LogP contribution in [0, 0.1) is 5.82 Å². The normalized spacial score (nSPS) is 18.4. The molecule has 0 aliphatic carbocycles. The Labute approximate surface area is 117 Å². The summed E-state index contributed by atoms with van der Waals surface area (Å²) in [6.45, 7) is 0. The first kappa shape index (κ1) is 14.0. The Morgan fingerprint density at radius 1 is 1.53 bits per heavy atom. The zero-order valence-electron chi connectivity index (χ0n) is 9.60. The van der Waals surface area contributed by atoms with Crippen molar-refractivity contribution in [1.82, 2.24) is 4.90 Å². The number of rotatable bonds is 2. The first-order valence-electron chi connectivity index (χ1n) is 5.32. The number of hydrogen-bond acceptors (Lipinski definition) is 3. The van der Waals surface area contributed by atoms with Crippen LogP contribution >= 0.6 is 23.4 Å². The maximum Gasteiger partial charge on any atom is 0.327 e. The zero-order valence-corrected chi connectivity index (χ0v) is 11.2. The van der Waals surface area contributed by atoms with Gasteiger partial charge in [-0.2, -0.15) is 0 Å². The van der Waals surface area contributed by atoms with E-state index in [4.69, 9.17) is 16.7 Å². The molecule has 8 heteroatoms. The van der Waals surface area contributed by atoms with Gasteiger partial charge in [0.05, 0.1) is 16.6 Å². The van der Waals surface area contributed by atoms with Crippen molar-refractivity contribution in [2.24, 2.45) is 0 Å². The standard InChI is InChI=1S/C11H10ClFN2O3S/c12-7-2-1-6(13)3-8(7)14-11(18)15-5-19-4-9(15)10(16)17/h1-3,9H,4-5H2,(H,14,18)(H,16,17). The summed E-state index contributed by atoms with van der Waals surface area (Å²) in [5, 5.41) is 11.6. The molecule has 1 unspecified atom stereocenters. The molecule has 0 bridgehead atoms. The van der Waals surface area contributed by atoms with E-state index >= 15 is 0 Å². The Morgan fingerprint density at radius 2 is 2.26 bits per heavy atom. The fraction of sp³-hybridized carbons (Fsp3) is 0.273. The van der Waals surface area contributed by atoms with Crippen molar-refractivity contribution < 1.29 is 19.1 Å². The molecule has 1 atom stereocenters. The molecule has 2 N–H and O–H groups in total. The van der Waals surface area contributed by atoms with Gasteiger partial charge < -0.3 is 15.3 Å². The molecule has 1 aliphatic heterocycles. The van der Waals surface area contributed by atoms with Crippen LogP contribution in [0.5, 0.6) is 0 Å². The molecule has 2 rings (SSSR count). The van der Waals surface area contributed by atoms with E-state index in [0.29, 0.717) is 5.75 Å². The summed E-state index contributed by atoms with van der Waals surface area (Å²) in [4.78, 5) is 24.1. The van der Waals surface area contributed by atoms with Crippen LogP contribution in [0.15, 0.2) is 18.2 Å². The molecule has 1 saturated heterocycles. The quantitative estimate of drug-likeness (QED) is 0.880. The topological polar surface area (TPSA) is 69.6 Å². The van der Waals surface area contributed by atoms with Gasteiger partial charge in [-0.25, -0.2) is 14.0 Å². The molecule has 1 heterocycles. The van der Waals surface area contributed by atoms with E-state index in [9.17, 15) is 14.0 Å². The van der Waals surface area contributed by atoms with E-state index < -0.39 is 23.9 Å². The number of anilines is 1. The Kier molecular flexibility index (Phi) is 4.16. The predicted molar refractivity (Wildman–Crippen MR) is 71.0 cm³/mol. The Bertz CT molecular complexity index is 529. The first-order chi connectivity index (χ1) is 8.99. The van der Waals surface area contributed by atoms with E-state index in [1.165, 1.54) is 28.8 Å². The maximum absolute atomic E-state index is 13.1. The average Bonchev–Trinajstić information content (AvgIpc) is 2.83. The van der Waals surface area contributed by atoms with Gasteiger partial charge in [0.2, 0.25) is 0 Å². The molecule has 19 heavy (non-hydrogen) atoms. The molecule has 1 aromatic carbocycles. The lowest BCUT2D eigenvalue weighted by molar-refractivity contribution is -0.140. The Morgan fingerprint density at radius 3 is 2.95 bits per heavy atom. The van der Waals surface area contributed by atoms with Gasteiger partial charge in [0.15, 0.2) is 0 Å². The van der Waals surface area contributed by atoms with Crippen LogP contribution in [-0.2, 0) is 4.79 Å². The second-order valence-electron chi connectivity index (χ2n) is 3.88. The van der Waals surface area contributed by atoms with Gasteiger partial charge in [0, 0.05) is 5.75 Å². The van der Waals surface area contributed by atoms with Crippen molar-refractivity contribution in [3.05, 3.63) is 29.0 Å². The number of carbonyl (C=O) groups excluding carboxylic acids is 1. The summed E-state index contributed by atoms with van der Waals surface area (Å²) in [5.41, 5.74) is 0.118. The lowest BCUT2D eigenvalue weighted by atomic mass is 10.3. The van der Waals surface area contributed by atoms with Gasteiger partial charge in [-0.05, 0) is 18.2 Å². The third-order valence-corrected chi connectivity index (χ3v) is 3.94. The SMILES string of the molecule is O=C(O)C1CSCN1C(=O)Nc1cc(F)ccc1Cl. The maximum atomic E-state index is 13.1. The summed E-state index contributed by atoms with van der Waals surface area (Å²) < 4.78 is 13.1. The largest absolute Gasteiger partial charge is 0.480 e. The molecule has 1 fully saturated rings. The number of amides is 2. The third-order valence-electron chi connectivity index (χ3n) is 2.60. The summed E-state index contributed by atoms with van der Waals surface area (Å²) in [5.74, 6) is -0.995. The molecular weight excluding hydrogens is 295 g/mol. The number of carboxylic acids is 1. The molecule has 102 valence electrons. The minimum Gasteiger partial charge on any atom is -0.480 e. The Balaban J connectivity index is 2.12. The first-order valence-corrected chi connectivity index (χ1v) is 6.85. The van der Waals surface area contributed by atoms with Crippen LogP contribution in [-0.4, -0.2) is 39.7 Å². The minimum atomic E-state index is -1.06. The van der Waals surface area contributed by atoms with Crippen LogP contribution < -0.4 is 5.32 Å². The van der Waals surface area contributed by atoms with E-state index in [2.05, 4.69) is 5.32 Å². The lowest BCUT2D eigenvalue weighted by Crippen LogP contribution is -2.44. The van der Waals surface area contributed by atoms with Crippen molar-refractivity contribution in [2.75, 3.05) is 16.9 Å². The number of nitrogens with one attached hydrogen (secondary N) is 1. The monoisotopic (exact) mass is 304 g/mol. The number of benzene rings is 1. The van der Waals surface area contributed by atoms with Gasteiger partial charge in [0.25, 0.3) is 0 Å². The van der Waals surface area contributed by atoms with Crippen molar-refractivity contribution in [1.29, 1.82) is 0 Å². The molecule has 5 nitrogen and oxygen atoms in total. The van der Waals surface area contributed by atoms with Gasteiger partial charge >= 0.3 is 12.0 Å². The molecule has 0 aromatic heterocycles. The van der Waals surface area contributed by atoms with Crippen LogP contribution in [0.4, 0.5) is 14.9 Å². The summed E-state index contributed by atoms with van der Waals surface area (Å²) in [6.07, 6.45) is 0. The van der Waals surface area contributed by atoms with Gasteiger partial charge in [-0.1, -0.05) is 11.6 Å². The predicted octanol–water partition coefficient (Wildman–Crippen LogP) is 2.47. The van der Waals surface area contributed by atoms with Crippen molar-refractivity contribution >= 4 is 41.1 Å². The second-order valence-corrected chi connectivity index (χ2v) is 5.29. The Hall–Kier alpha value is -1.47. The number of urea groups is 1. The van der Waals surface area contributed by atoms with Crippen LogP contribution in [0.2, 0.25) is 5.02 Å². The molecule has 0 spiro atoms. The highest BCUT2D eigenvalue weighted by Gasteiger charge is 2.34. The highest BCUT2D eigenvalue weighted by Crippen LogP contribution is 2.25. The molecule has 2 amide bonds. The van der Waals surface area contributed by atoms with Gasteiger partial charge in [0.1, 0.15) is 11.9 Å². The fourth-order valence-electron chi connectivity index (χ4n) is 1.63. The van der Waals surface area contributed by atoms with Crippen LogP contribution in [0.25, 0.3) is 0 Å². The average molecular weight is 305 g/mol. The lowest BCUT2D eigenvalue weighted by Gasteiger charge is -2.21. The van der Waals surface area contributed by atoms with Crippen molar-refractivity contribution in [3.63, 3.8) is 0 Å². The van der Waals surface area contributed by atoms with E-state index in [1.54, 1.807) is 0 Å². The van der Waals surface area contributed by atoms with E-state index in [0.717, 1.165) is 6.07 Å². The number of thioether (sulfide) groups is 1. The minimum absolute atomic E-state index is 0.118. The van der Waals surface area contributed by atoms with E-state index in [-0.39, 0.29) is 16.6 Å². The molecule has 0 radical (unpaired) electrons. The summed E-state index contributed by atoms with van der Waals surface area (Å²) >= 11 is 7.17. The van der Waals surface area contributed by atoms with E-state index in [1.807, 2.05) is 0 Å². The van der Waals surface area contributed by atoms with Crippen LogP contribution in [0.3, 0.4) is 0 Å². The second kappa shape index (κ2) is 5.66. The number of carboxylic acid groups (broad SMARTS) is 1. The van der Waals surface area contributed by atoms with Crippen molar-refractivity contribution in [3.8, 4) is 0 Å². The molecule has 0 saturated carbocycles.